The highest BCUT2D eigenvalue weighted by atomic mass is 35.5. The van der Waals surface area contributed by atoms with E-state index in [1.807, 2.05) is 48.5 Å². The molecule has 7 heteroatoms. The van der Waals surface area contributed by atoms with Gasteiger partial charge in [-0.25, -0.2) is 9.59 Å². The molecule has 2 N–H and O–H groups in total. The molecule has 1 amide bonds. The van der Waals surface area contributed by atoms with E-state index in [9.17, 15) is 14.7 Å². The lowest BCUT2D eigenvalue weighted by Crippen LogP contribution is -2.42. The zero-order valence-corrected chi connectivity index (χ0v) is 20.0. The maximum Gasteiger partial charge on any atom is 0.407 e. The van der Waals surface area contributed by atoms with E-state index < -0.39 is 18.1 Å². The number of aliphatic carboxylic acids is 1. The van der Waals surface area contributed by atoms with Crippen LogP contribution in [-0.4, -0.2) is 42.9 Å². The maximum absolute atomic E-state index is 12.6. The predicted molar refractivity (Wildman–Crippen MR) is 136 cm³/mol. The van der Waals surface area contributed by atoms with Crippen LogP contribution in [0.1, 0.15) is 35.4 Å². The van der Waals surface area contributed by atoms with Crippen LogP contribution >= 0.6 is 11.6 Å². The molecule has 1 unspecified atom stereocenters. The van der Waals surface area contributed by atoms with Crippen LogP contribution < -0.4 is 10.2 Å². The summed E-state index contributed by atoms with van der Waals surface area (Å²) in [5, 5.41) is 12.8. The highest BCUT2D eigenvalue weighted by molar-refractivity contribution is 6.33. The fraction of sp³-hybridized carbons (Fsp3) is 0.286. The molecular weight excluding hydrogens is 464 g/mol. The van der Waals surface area contributed by atoms with E-state index in [2.05, 4.69) is 22.3 Å². The summed E-state index contributed by atoms with van der Waals surface area (Å²) in [6, 6.07) is 20.6. The number of fused-ring (bicyclic) bond motifs is 3. The van der Waals surface area contributed by atoms with Gasteiger partial charge in [0.25, 0.3) is 0 Å². The standard InChI is InChI=1S/C28H27ClN2O4/c29-24-15-18(11-12-26(24)31-13-5-6-14-31)16-25(27(32)33)30-28(34)35-17-23-21-9-3-1-7-19(21)20-8-2-4-10-22(20)23/h1-4,7-12,15,23,25H,5-6,13-14,16-17H2,(H,30,34)(H,32,33). The number of hydrogen-bond acceptors (Lipinski definition) is 4. The molecule has 0 aromatic heterocycles. The number of nitrogens with one attached hydrogen (secondary N) is 1. The van der Waals surface area contributed by atoms with Crippen LogP contribution in [-0.2, 0) is 16.0 Å². The van der Waals surface area contributed by atoms with E-state index in [0.29, 0.717) is 5.02 Å². The van der Waals surface area contributed by atoms with Crippen LogP contribution in [0.5, 0.6) is 0 Å². The summed E-state index contributed by atoms with van der Waals surface area (Å²) in [6.45, 7) is 2.07. The number of nitrogens with zero attached hydrogens (tertiary/aromatic N) is 1. The summed E-state index contributed by atoms with van der Waals surface area (Å²) in [5.74, 6) is -1.22. The first-order valence-electron chi connectivity index (χ1n) is 11.9. The fourth-order valence-electron chi connectivity index (χ4n) is 5.11. The lowest BCUT2D eigenvalue weighted by Gasteiger charge is -2.20. The number of anilines is 1. The Morgan fingerprint density at radius 2 is 1.63 bits per heavy atom. The van der Waals surface area contributed by atoms with Crippen molar-refractivity contribution in [1.29, 1.82) is 0 Å². The monoisotopic (exact) mass is 490 g/mol. The Labute approximate surface area is 209 Å². The van der Waals surface area contributed by atoms with Crippen molar-refractivity contribution in [2.75, 3.05) is 24.6 Å². The topological polar surface area (TPSA) is 78.9 Å². The Morgan fingerprint density at radius 1 is 1.00 bits per heavy atom. The molecule has 1 aliphatic heterocycles. The Morgan fingerprint density at radius 3 is 2.23 bits per heavy atom. The van der Waals surface area contributed by atoms with Crippen molar-refractivity contribution in [3.8, 4) is 11.1 Å². The van der Waals surface area contributed by atoms with E-state index >= 15 is 0 Å². The number of carboxylic acids is 1. The van der Waals surface area contributed by atoms with Crippen molar-refractivity contribution in [3.63, 3.8) is 0 Å². The number of carbonyl (C=O) groups is 2. The molecule has 3 aromatic rings. The van der Waals surface area contributed by atoms with Crippen LogP contribution in [0.15, 0.2) is 66.7 Å². The van der Waals surface area contributed by atoms with Crippen LogP contribution in [0.3, 0.4) is 0 Å². The average molecular weight is 491 g/mol. The van der Waals surface area contributed by atoms with Gasteiger partial charge in [0.05, 0.1) is 10.7 Å². The van der Waals surface area contributed by atoms with Crippen molar-refractivity contribution >= 4 is 29.4 Å². The van der Waals surface area contributed by atoms with Crippen LogP contribution in [0, 0.1) is 0 Å². The van der Waals surface area contributed by atoms with Gasteiger partial charge in [0, 0.05) is 25.4 Å². The Kier molecular flexibility index (Phi) is 6.64. The summed E-state index contributed by atoms with van der Waals surface area (Å²) >= 11 is 6.48. The second kappa shape index (κ2) is 10.0. The Bertz CT molecular complexity index is 1210. The van der Waals surface area contributed by atoms with Gasteiger partial charge in [-0.05, 0) is 52.8 Å². The van der Waals surface area contributed by atoms with E-state index in [0.717, 1.165) is 59.4 Å². The molecule has 1 saturated heterocycles. The van der Waals surface area contributed by atoms with Gasteiger partial charge in [-0.15, -0.1) is 0 Å². The largest absolute Gasteiger partial charge is 0.480 e. The summed E-state index contributed by atoms with van der Waals surface area (Å²) in [5.41, 5.74) is 6.17. The van der Waals surface area contributed by atoms with Gasteiger partial charge in [-0.1, -0.05) is 66.2 Å². The number of ether oxygens (including phenoxy) is 1. The molecule has 2 aliphatic rings. The zero-order chi connectivity index (χ0) is 24.4. The van der Waals surface area contributed by atoms with E-state index in [1.54, 1.807) is 6.07 Å². The summed E-state index contributed by atoms with van der Waals surface area (Å²) in [7, 11) is 0. The van der Waals surface area contributed by atoms with Crippen LogP contribution in [0.4, 0.5) is 10.5 Å². The zero-order valence-electron chi connectivity index (χ0n) is 19.2. The highest BCUT2D eigenvalue weighted by Gasteiger charge is 2.30. The molecule has 1 aliphatic carbocycles. The van der Waals surface area contributed by atoms with Crippen molar-refractivity contribution in [2.45, 2.75) is 31.2 Å². The van der Waals surface area contributed by atoms with Gasteiger partial charge in [0.15, 0.2) is 0 Å². The first kappa shape index (κ1) is 23.2. The number of carboxylic acid groups (broad SMARTS) is 1. The van der Waals surface area contributed by atoms with Crippen LogP contribution in [0.25, 0.3) is 11.1 Å². The molecule has 0 saturated carbocycles. The number of hydrogen-bond donors (Lipinski definition) is 2. The normalized spacial score (nSPS) is 15.4. The first-order valence-corrected chi connectivity index (χ1v) is 12.3. The molecule has 180 valence electrons. The molecule has 3 aromatic carbocycles. The maximum atomic E-state index is 12.6. The third-order valence-corrected chi connectivity index (χ3v) is 7.14. The van der Waals surface area contributed by atoms with Crippen molar-refractivity contribution in [2.24, 2.45) is 0 Å². The molecule has 35 heavy (non-hydrogen) atoms. The molecule has 6 nitrogen and oxygen atoms in total. The number of rotatable bonds is 7. The molecule has 1 heterocycles. The van der Waals surface area contributed by atoms with Gasteiger partial charge in [0.2, 0.25) is 0 Å². The molecule has 1 atom stereocenters. The minimum Gasteiger partial charge on any atom is -0.480 e. The van der Waals surface area contributed by atoms with Crippen molar-refractivity contribution < 1.29 is 19.4 Å². The highest BCUT2D eigenvalue weighted by Crippen LogP contribution is 2.44. The first-order chi connectivity index (χ1) is 17.0. The van der Waals surface area contributed by atoms with Gasteiger partial charge in [-0.3, -0.25) is 0 Å². The second-order valence-electron chi connectivity index (χ2n) is 9.04. The summed E-state index contributed by atoms with van der Waals surface area (Å²) in [6.07, 6.45) is 1.64. The second-order valence-corrected chi connectivity index (χ2v) is 9.45. The van der Waals surface area contributed by atoms with E-state index in [-0.39, 0.29) is 18.9 Å². The predicted octanol–water partition coefficient (Wildman–Crippen LogP) is 5.47. The SMILES string of the molecule is O=C(NC(Cc1ccc(N2CCCC2)c(Cl)c1)C(=O)O)OCC1c2ccccc2-c2ccccc21. The third-order valence-electron chi connectivity index (χ3n) is 6.83. The number of benzene rings is 3. The van der Waals surface area contributed by atoms with Gasteiger partial charge in [0.1, 0.15) is 12.6 Å². The van der Waals surface area contributed by atoms with E-state index in [1.165, 1.54) is 0 Å². The number of carbonyl (C=O) groups excluding carboxylic acids is 1. The van der Waals surface area contributed by atoms with Crippen molar-refractivity contribution in [1.82, 2.24) is 5.32 Å². The summed E-state index contributed by atoms with van der Waals surface area (Å²) in [4.78, 5) is 26.7. The molecule has 1 fully saturated rings. The Balaban J connectivity index is 1.23. The molecule has 0 radical (unpaired) electrons. The Hall–Kier alpha value is -3.51. The lowest BCUT2D eigenvalue weighted by molar-refractivity contribution is -0.139. The minimum atomic E-state index is -1.13. The third kappa shape index (κ3) is 4.84. The van der Waals surface area contributed by atoms with Crippen LogP contribution in [0.2, 0.25) is 5.02 Å². The molecule has 5 rings (SSSR count). The quantitative estimate of drug-likeness (QED) is 0.459. The summed E-state index contributed by atoms with van der Waals surface area (Å²) < 4.78 is 5.52. The fourth-order valence-corrected chi connectivity index (χ4v) is 5.43. The smallest absolute Gasteiger partial charge is 0.407 e. The number of halogens is 1. The average Bonchev–Trinajstić information content (AvgIpc) is 3.49. The van der Waals surface area contributed by atoms with Crippen molar-refractivity contribution in [3.05, 3.63) is 88.4 Å². The number of amides is 1. The van der Waals surface area contributed by atoms with Gasteiger partial charge >= 0.3 is 12.1 Å². The van der Waals surface area contributed by atoms with Gasteiger partial charge in [-0.2, -0.15) is 0 Å². The minimum absolute atomic E-state index is 0.0895. The van der Waals surface area contributed by atoms with Gasteiger partial charge < -0.3 is 20.1 Å². The molecule has 0 spiro atoms. The molecular formula is C28H27ClN2O4. The van der Waals surface area contributed by atoms with E-state index in [4.69, 9.17) is 16.3 Å². The lowest BCUT2D eigenvalue weighted by atomic mass is 9.98. The molecule has 0 bridgehead atoms. The number of alkyl carbamates (subject to hydrolysis) is 1.